The van der Waals surface area contributed by atoms with E-state index in [1.807, 2.05) is 0 Å². The van der Waals surface area contributed by atoms with Crippen molar-refractivity contribution in [1.82, 2.24) is 5.32 Å². The van der Waals surface area contributed by atoms with Gasteiger partial charge >= 0.3 is 0 Å². The second kappa shape index (κ2) is 15.4. The smallest absolute Gasteiger partial charge is 0.0207 e. The fourth-order valence-electron chi connectivity index (χ4n) is 2.75. The quantitative estimate of drug-likeness (QED) is 0.408. The molecule has 1 N–H and O–H groups in total. The molecule has 0 spiro atoms. The van der Waals surface area contributed by atoms with E-state index in [2.05, 4.69) is 49.5 Å². The Labute approximate surface area is 144 Å². The first-order valence-electron chi connectivity index (χ1n) is 9.10. The molecule has 22 heavy (non-hydrogen) atoms. The van der Waals surface area contributed by atoms with E-state index in [0.717, 1.165) is 6.54 Å². The molecule has 1 atom stereocenters. The van der Waals surface area contributed by atoms with Gasteiger partial charge < -0.3 is 5.32 Å². The normalized spacial score (nSPS) is 11.9. The van der Waals surface area contributed by atoms with Crippen molar-refractivity contribution in [3.63, 3.8) is 0 Å². The maximum Gasteiger partial charge on any atom is 0.0207 e. The van der Waals surface area contributed by atoms with E-state index < -0.39 is 0 Å². The molecule has 0 heterocycles. The van der Waals surface area contributed by atoms with Gasteiger partial charge in [0, 0.05) is 12.6 Å². The minimum atomic E-state index is 0. The first-order valence-corrected chi connectivity index (χ1v) is 9.10. The summed E-state index contributed by atoms with van der Waals surface area (Å²) in [5.74, 6) is 0. The summed E-state index contributed by atoms with van der Waals surface area (Å²) in [5.41, 5.74) is 1.39. The average Bonchev–Trinajstić information content (AvgIpc) is 2.52. The molecule has 0 radical (unpaired) electrons. The second-order valence-electron chi connectivity index (χ2n) is 6.38. The molecular weight excluding hydrogens is 290 g/mol. The van der Waals surface area contributed by atoms with Gasteiger partial charge in [-0.25, -0.2) is 0 Å². The van der Waals surface area contributed by atoms with Crippen molar-refractivity contribution in [2.24, 2.45) is 0 Å². The largest absolute Gasteiger partial charge is 0.310 e. The third-order valence-electron chi connectivity index (χ3n) is 4.24. The highest BCUT2D eigenvalue weighted by Gasteiger charge is 2.01. The topological polar surface area (TPSA) is 12.0 Å². The van der Waals surface area contributed by atoms with Crippen molar-refractivity contribution in [2.45, 2.75) is 90.6 Å². The van der Waals surface area contributed by atoms with E-state index in [9.17, 15) is 0 Å². The molecule has 0 aliphatic carbocycles. The van der Waals surface area contributed by atoms with Crippen LogP contribution >= 0.6 is 12.4 Å². The molecule has 0 saturated heterocycles. The van der Waals surface area contributed by atoms with Gasteiger partial charge in [-0.05, 0) is 18.9 Å². The Hall–Kier alpha value is -0.530. The van der Waals surface area contributed by atoms with Crippen LogP contribution in [0.2, 0.25) is 0 Å². The zero-order valence-electron chi connectivity index (χ0n) is 14.7. The molecule has 0 saturated carbocycles. The zero-order valence-corrected chi connectivity index (χ0v) is 15.5. The summed E-state index contributed by atoms with van der Waals surface area (Å²) in [5, 5.41) is 3.62. The molecule has 1 nitrogen and oxygen atoms in total. The minimum Gasteiger partial charge on any atom is -0.310 e. The van der Waals surface area contributed by atoms with Gasteiger partial charge in [0.2, 0.25) is 0 Å². The maximum absolute atomic E-state index is 3.62. The fraction of sp³-hybridized carbons (Fsp3) is 0.700. The lowest BCUT2D eigenvalue weighted by Crippen LogP contribution is -2.25. The van der Waals surface area contributed by atoms with Crippen molar-refractivity contribution >= 4 is 12.4 Å². The summed E-state index contributed by atoms with van der Waals surface area (Å²) >= 11 is 0. The van der Waals surface area contributed by atoms with Crippen LogP contribution in [0.3, 0.4) is 0 Å². The van der Waals surface area contributed by atoms with E-state index in [1.54, 1.807) is 0 Å². The van der Waals surface area contributed by atoms with E-state index in [4.69, 9.17) is 0 Å². The first kappa shape index (κ1) is 21.5. The monoisotopic (exact) mass is 325 g/mol. The fourth-order valence-corrected chi connectivity index (χ4v) is 2.75. The molecule has 1 unspecified atom stereocenters. The Kier molecular flexibility index (Phi) is 15.0. The van der Waals surface area contributed by atoms with E-state index in [0.29, 0.717) is 6.04 Å². The van der Waals surface area contributed by atoms with Crippen molar-refractivity contribution in [3.05, 3.63) is 35.9 Å². The highest BCUT2D eigenvalue weighted by molar-refractivity contribution is 5.85. The van der Waals surface area contributed by atoms with Gasteiger partial charge in [0.1, 0.15) is 0 Å². The van der Waals surface area contributed by atoms with Crippen LogP contribution in [0.4, 0.5) is 0 Å². The predicted molar refractivity (Wildman–Crippen MR) is 102 cm³/mol. The lowest BCUT2D eigenvalue weighted by atomic mass is 10.0. The molecule has 0 fully saturated rings. The average molecular weight is 326 g/mol. The Balaban J connectivity index is 0.00000441. The molecule has 0 aliphatic heterocycles. The molecule has 1 rings (SSSR count). The zero-order chi connectivity index (χ0) is 15.2. The van der Waals surface area contributed by atoms with Crippen LogP contribution in [0.5, 0.6) is 0 Å². The second-order valence-corrected chi connectivity index (χ2v) is 6.38. The molecule has 1 aromatic carbocycles. The summed E-state index contributed by atoms with van der Waals surface area (Å²) in [6.07, 6.45) is 14.1. The molecular formula is C20H36ClN. The van der Waals surface area contributed by atoms with Crippen molar-refractivity contribution in [1.29, 1.82) is 0 Å². The van der Waals surface area contributed by atoms with Crippen LogP contribution < -0.4 is 5.32 Å². The van der Waals surface area contributed by atoms with Gasteiger partial charge in [-0.15, -0.1) is 12.4 Å². The van der Waals surface area contributed by atoms with Crippen LogP contribution in [0.1, 0.15) is 83.6 Å². The van der Waals surface area contributed by atoms with Crippen molar-refractivity contribution < 1.29 is 0 Å². The molecule has 2 heteroatoms. The summed E-state index contributed by atoms with van der Waals surface area (Å²) in [4.78, 5) is 0. The molecule has 0 aromatic heterocycles. The van der Waals surface area contributed by atoms with Gasteiger partial charge in [0.05, 0.1) is 0 Å². The molecule has 0 aliphatic rings. The molecule has 128 valence electrons. The van der Waals surface area contributed by atoms with Gasteiger partial charge in [-0.3, -0.25) is 0 Å². The maximum atomic E-state index is 3.62. The molecule has 0 bridgehead atoms. The van der Waals surface area contributed by atoms with Gasteiger partial charge in [0.25, 0.3) is 0 Å². The minimum absolute atomic E-state index is 0. The van der Waals surface area contributed by atoms with E-state index in [1.165, 1.54) is 69.8 Å². The lowest BCUT2D eigenvalue weighted by molar-refractivity contribution is 0.475. The number of unbranched alkanes of at least 4 members (excludes halogenated alkanes) is 8. The highest BCUT2D eigenvalue weighted by Crippen LogP contribution is 2.11. The Morgan fingerprint density at radius 3 is 1.95 bits per heavy atom. The van der Waals surface area contributed by atoms with Crippen LogP contribution in [0.25, 0.3) is 0 Å². The summed E-state index contributed by atoms with van der Waals surface area (Å²) in [6, 6.07) is 11.3. The molecule has 1 aromatic rings. The van der Waals surface area contributed by atoms with Crippen LogP contribution in [-0.4, -0.2) is 6.04 Å². The Morgan fingerprint density at radius 2 is 1.36 bits per heavy atom. The van der Waals surface area contributed by atoms with Crippen molar-refractivity contribution in [3.8, 4) is 0 Å². The third-order valence-corrected chi connectivity index (χ3v) is 4.24. The Bertz CT molecular complexity index is 326. The summed E-state index contributed by atoms with van der Waals surface area (Å²) < 4.78 is 0. The SMILES string of the molecule is CCCCCCCCCCCC(C)NCc1ccccc1.Cl. The number of halogens is 1. The van der Waals surface area contributed by atoms with Crippen LogP contribution in [0, 0.1) is 0 Å². The summed E-state index contributed by atoms with van der Waals surface area (Å²) in [7, 11) is 0. The number of rotatable bonds is 13. The number of benzene rings is 1. The van der Waals surface area contributed by atoms with Gasteiger partial charge in [-0.2, -0.15) is 0 Å². The van der Waals surface area contributed by atoms with Gasteiger partial charge in [0.15, 0.2) is 0 Å². The first-order chi connectivity index (χ1) is 10.3. The summed E-state index contributed by atoms with van der Waals surface area (Å²) in [6.45, 7) is 5.60. The number of nitrogens with one attached hydrogen (secondary N) is 1. The number of hydrogen-bond donors (Lipinski definition) is 1. The Morgan fingerprint density at radius 1 is 0.818 bits per heavy atom. The predicted octanol–water partition coefficient (Wildman–Crippen LogP) is 6.51. The van der Waals surface area contributed by atoms with Crippen LogP contribution in [-0.2, 0) is 6.54 Å². The van der Waals surface area contributed by atoms with E-state index in [-0.39, 0.29) is 12.4 Å². The van der Waals surface area contributed by atoms with E-state index >= 15 is 0 Å². The lowest BCUT2D eigenvalue weighted by Gasteiger charge is -2.13. The third kappa shape index (κ3) is 12.1. The standard InChI is InChI=1S/C20H35N.ClH/c1-3-4-5-6-7-8-9-10-12-15-19(2)21-18-20-16-13-11-14-17-20;/h11,13-14,16-17,19,21H,3-10,12,15,18H2,1-2H3;1H. The molecule has 0 amide bonds. The highest BCUT2D eigenvalue weighted by atomic mass is 35.5. The van der Waals surface area contributed by atoms with Crippen LogP contribution in [0.15, 0.2) is 30.3 Å². The van der Waals surface area contributed by atoms with Gasteiger partial charge in [-0.1, -0.05) is 95.0 Å². The number of hydrogen-bond acceptors (Lipinski definition) is 1. The van der Waals surface area contributed by atoms with Crippen molar-refractivity contribution in [2.75, 3.05) is 0 Å².